The number of hydrogen-bond donors (Lipinski definition) is 2. The molecule has 0 bridgehead atoms. The number of phenolic OH excluding ortho intramolecular Hbond substituents is 2. The Bertz CT molecular complexity index is 815. The van der Waals surface area contributed by atoms with Gasteiger partial charge in [0.1, 0.15) is 11.5 Å². The molecular formula is C21H21NO2. The van der Waals surface area contributed by atoms with Crippen molar-refractivity contribution in [2.45, 2.75) is 20.0 Å². The van der Waals surface area contributed by atoms with Crippen molar-refractivity contribution >= 4 is 5.69 Å². The second kappa shape index (κ2) is 7.09. The van der Waals surface area contributed by atoms with Crippen LogP contribution in [0.1, 0.15) is 16.7 Å². The first kappa shape index (κ1) is 15.9. The van der Waals surface area contributed by atoms with Gasteiger partial charge in [0, 0.05) is 29.9 Å². The predicted octanol–water partition coefficient (Wildman–Crippen LogP) is 4.61. The first-order chi connectivity index (χ1) is 11.6. The molecule has 0 aliphatic heterocycles. The molecule has 0 spiro atoms. The van der Waals surface area contributed by atoms with Crippen LogP contribution in [-0.4, -0.2) is 10.2 Å². The van der Waals surface area contributed by atoms with E-state index >= 15 is 0 Å². The Hall–Kier alpha value is -2.94. The Kier molecular flexibility index (Phi) is 4.71. The molecule has 122 valence electrons. The van der Waals surface area contributed by atoms with Gasteiger partial charge in [-0.15, -0.1) is 0 Å². The van der Waals surface area contributed by atoms with E-state index in [9.17, 15) is 10.2 Å². The van der Waals surface area contributed by atoms with E-state index in [0.29, 0.717) is 18.8 Å². The van der Waals surface area contributed by atoms with Crippen molar-refractivity contribution in [2.75, 3.05) is 4.90 Å². The molecule has 0 aliphatic rings. The van der Waals surface area contributed by atoms with Crippen molar-refractivity contribution in [1.82, 2.24) is 0 Å². The molecule has 0 saturated heterocycles. The SMILES string of the molecule is Cc1cccc(CN(Cc2ccccc2O)c2ccccc2)c1O. The molecule has 0 aliphatic carbocycles. The Morgan fingerprint density at radius 2 is 1.33 bits per heavy atom. The fourth-order valence-corrected chi connectivity index (χ4v) is 2.78. The van der Waals surface area contributed by atoms with E-state index in [1.807, 2.05) is 73.7 Å². The minimum Gasteiger partial charge on any atom is -0.508 e. The van der Waals surface area contributed by atoms with Gasteiger partial charge in [-0.05, 0) is 30.7 Å². The van der Waals surface area contributed by atoms with Crippen molar-refractivity contribution in [3.05, 3.63) is 89.5 Å². The molecule has 0 aromatic heterocycles. The van der Waals surface area contributed by atoms with Crippen molar-refractivity contribution in [3.63, 3.8) is 0 Å². The first-order valence-corrected chi connectivity index (χ1v) is 7.99. The number of nitrogens with zero attached hydrogens (tertiary/aromatic N) is 1. The number of anilines is 1. The van der Waals surface area contributed by atoms with Gasteiger partial charge in [0.15, 0.2) is 0 Å². The van der Waals surface area contributed by atoms with Crippen molar-refractivity contribution in [3.8, 4) is 11.5 Å². The fourth-order valence-electron chi connectivity index (χ4n) is 2.78. The zero-order valence-electron chi connectivity index (χ0n) is 13.7. The van der Waals surface area contributed by atoms with Gasteiger partial charge in [0.25, 0.3) is 0 Å². The van der Waals surface area contributed by atoms with E-state index < -0.39 is 0 Å². The van der Waals surface area contributed by atoms with Crippen LogP contribution >= 0.6 is 0 Å². The van der Waals surface area contributed by atoms with Crippen molar-refractivity contribution in [1.29, 1.82) is 0 Å². The third-order valence-electron chi connectivity index (χ3n) is 4.16. The smallest absolute Gasteiger partial charge is 0.123 e. The van der Waals surface area contributed by atoms with Crippen LogP contribution in [0.5, 0.6) is 11.5 Å². The van der Waals surface area contributed by atoms with Crippen LogP contribution in [0.25, 0.3) is 0 Å². The van der Waals surface area contributed by atoms with Gasteiger partial charge in [0.2, 0.25) is 0 Å². The minimum atomic E-state index is 0.284. The number of phenols is 2. The second-order valence-electron chi connectivity index (χ2n) is 5.90. The minimum absolute atomic E-state index is 0.284. The molecule has 0 unspecified atom stereocenters. The van der Waals surface area contributed by atoms with Gasteiger partial charge in [-0.1, -0.05) is 54.6 Å². The number of para-hydroxylation sites is 3. The molecule has 0 saturated carbocycles. The summed E-state index contributed by atoms with van der Waals surface area (Å²) in [5.74, 6) is 0.614. The standard InChI is InChI=1S/C21H21NO2/c1-16-8-7-10-18(21(16)24)15-22(19-11-3-2-4-12-19)14-17-9-5-6-13-20(17)23/h2-13,23-24H,14-15H2,1H3. The summed E-state index contributed by atoms with van der Waals surface area (Å²) in [6, 6.07) is 23.2. The van der Waals surface area contributed by atoms with Crippen LogP contribution in [0, 0.1) is 6.92 Å². The van der Waals surface area contributed by atoms with E-state index in [1.54, 1.807) is 6.07 Å². The number of aromatic hydroxyl groups is 2. The maximum atomic E-state index is 10.3. The summed E-state index contributed by atoms with van der Waals surface area (Å²) in [6.45, 7) is 3.02. The van der Waals surface area contributed by atoms with Crippen molar-refractivity contribution < 1.29 is 10.2 Å². The summed E-state index contributed by atoms with van der Waals surface area (Å²) in [5.41, 5.74) is 3.63. The Labute approximate surface area is 142 Å². The van der Waals surface area contributed by atoms with Gasteiger partial charge in [-0.3, -0.25) is 0 Å². The molecule has 0 atom stereocenters. The summed E-state index contributed by atoms with van der Waals surface area (Å²) in [5, 5.41) is 20.4. The molecule has 0 radical (unpaired) electrons. The molecule has 3 aromatic rings. The highest BCUT2D eigenvalue weighted by molar-refractivity contribution is 5.50. The van der Waals surface area contributed by atoms with E-state index in [0.717, 1.165) is 22.4 Å². The lowest BCUT2D eigenvalue weighted by Gasteiger charge is -2.26. The van der Waals surface area contributed by atoms with Crippen LogP contribution in [0.2, 0.25) is 0 Å². The lowest BCUT2D eigenvalue weighted by Crippen LogP contribution is -2.22. The van der Waals surface area contributed by atoms with Crippen LogP contribution in [0.15, 0.2) is 72.8 Å². The zero-order valence-corrected chi connectivity index (χ0v) is 13.7. The van der Waals surface area contributed by atoms with Gasteiger partial charge in [-0.2, -0.15) is 0 Å². The number of rotatable bonds is 5. The van der Waals surface area contributed by atoms with Crippen LogP contribution in [0.3, 0.4) is 0 Å². The van der Waals surface area contributed by atoms with Gasteiger partial charge >= 0.3 is 0 Å². The Morgan fingerprint density at radius 3 is 2.08 bits per heavy atom. The monoisotopic (exact) mass is 319 g/mol. The van der Waals surface area contributed by atoms with E-state index in [1.165, 1.54) is 0 Å². The molecule has 24 heavy (non-hydrogen) atoms. The second-order valence-corrected chi connectivity index (χ2v) is 5.90. The lowest BCUT2D eigenvalue weighted by atomic mass is 10.1. The molecule has 0 fully saturated rings. The van der Waals surface area contributed by atoms with Crippen LogP contribution < -0.4 is 4.90 Å². The molecule has 3 aromatic carbocycles. The fraction of sp³-hybridized carbons (Fsp3) is 0.143. The first-order valence-electron chi connectivity index (χ1n) is 7.99. The van der Waals surface area contributed by atoms with E-state index in [4.69, 9.17) is 0 Å². The van der Waals surface area contributed by atoms with Gasteiger partial charge < -0.3 is 15.1 Å². The maximum Gasteiger partial charge on any atom is 0.123 e. The molecular weight excluding hydrogens is 298 g/mol. The topological polar surface area (TPSA) is 43.7 Å². The number of hydrogen-bond acceptors (Lipinski definition) is 3. The van der Waals surface area contributed by atoms with Gasteiger partial charge in [-0.25, -0.2) is 0 Å². The highest BCUT2D eigenvalue weighted by Crippen LogP contribution is 2.28. The molecule has 3 nitrogen and oxygen atoms in total. The Morgan fingerprint density at radius 1 is 0.708 bits per heavy atom. The summed E-state index contributed by atoms with van der Waals surface area (Å²) in [6.07, 6.45) is 0. The third kappa shape index (κ3) is 3.51. The average Bonchev–Trinajstić information content (AvgIpc) is 2.61. The largest absolute Gasteiger partial charge is 0.508 e. The normalized spacial score (nSPS) is 10.5. The molecule has 3 heteroatoms. The molecule has 2 N–H and O–H groups in total. The number of benzene rings is 3. The quantitative estimate of drug-likeness (QED) is 0.721. The highest BCUT2D eigenvalue weighted by atomic mass is 16.3. The third-order valence-corrected chi connectivity index (χ3v) is 4.16. The summed E-state index contributed by atoms with van der Waals surface area (Å²) >= 11 is 0. The number of aryl methyl sites for hydroxylation is 1. The van der Waals surface area contributed by atoms with Crippen molar-refractivity contribution in [2.24, 2.45) is 0 Å². The van der Waals surface area contributed by atoms with E-state index in [2.05, 4.69) is 4.90 Å². The summed E-state index contributed by atoms with van der Waals surface area (Å²) < 4.78 is 0. The Balaban J connectivity index is 1.94. The maximum absolute atomic E-state index is 10.3. The molecule has 0 heterocycles. The van der Waals surface area contributed by atoms with Crippen LogP contribution in [-0.2, 0) is 13.1 Å². The average molecular weight is 319 g/mol. The van der Waals surface area contributed by atoms with E-state index in [-0.39, 0.29) is 5.75 Å². The molecule has 3 rings (SSSR count). The lowest BCUT2D eigenvalue weighted by molar-refractivity contribution is 0.461. The summed E-state index contributed by atoms with van der Waals surface area (Å²) in [4.78, 5) is 2.14. The predicted molar refractivity (Wildman–Crippen MR) is 97.3 cm³/mol. The zero-order chi connectivity index (χ0) is 16.9. The van der Waals surface area contributed by atoms with Gasteiger partial charge in [0.05, 0.1) is 0 Å². The highest BCUT2D eigenvalue weighted by Gasteiger charge is 2.13. The summed E-state index contributed by atoms with van der Waals surface area (Å²) in [7, 11) is 0. The molecule has 0 amide bonds. The van der Waals surface area contributed by atoms with Crippen LogP contribution in [0.4, 0.5) is 5.69 Å².